The molecule has 0 heterocycles. The van der Waals surface area contributed by atoms with E-state index in [0.717, 1.165) is 18.2 Å². The molecule has 1 aromatic carbocycles. The third-order valence-corrected chi connectivity index (χ3v) is 6.25. The minimum Gasteiger partial charge on any atom is -0.383 e. The summed E-state index contributed by atoms with van der Waals surface area (Å²) in [7, 11) is -3.45. The van der Waals surface area contributed by atoms with E-state index in [9.17, 15) is 8.42 Å². The lowest BCUT2D eigenvalue weighted by Gasteiger charge is -2.19. The second-order valence-corrected chi connectivity index (χ2v) is 8.44. The number of rotatable bonds is 7. The van der Waals surface area contributed by atoms with Gasteiger partial charge in [-0.15, -0.1) is 0 Å². The van der Waals surface area contributed by atoms with Crippen LogP contribution in [-0.2, 0) is 10.0 Å². The van der Waals surface area contributed by atoms with Crippen LogP contribution in [0.4, 0.5) is 5.69 Å². The summed E-state index contributed by atoms with van der Waals surface area (Å²) in [5.74, 6) is 0.863. The van der Waals surface area contributed by atoms with Crippen LogP contribution in [-0.4, -0.2) is 21.0 Å². The minimum absolute atomic E-state index is 0.107. The number of anilines is 1. The molecule has 2 fully saturated rings. The maximum absolute atomic E-state index is 12.4. The zero-order valence-corrected chi connectivity index (χ0v) is 13.5. The fourth-order valence-electron chi connectivity index (χ4n) is 3.08. The van der Waals surface area contributed by atoms with Crippen LogP contribution in [0.25, 0.3) is 0 Å². The standard InChI is InChI=1S/C16H24N2O2S/c1-12(2)18-21(19,20)15-6-4-3-5-14(15)17-11-16(9-10-16)13-7-8-13/h3-6,12-13,17-18H,7-11H2,1-2H3. The van der Waals surface area contributed by atoms with Crippen molar-refractivity contribution in [3.05, 3.63) is 24.3 Å². The average Bonchev–Trinajstić information content (AvgIpc) is 3.26. The van der Waals surface area contributed by atoms with Gasteiger partial charge in [0.15, 0.2) is 0 Å². The molecule has 2 N–H and O–H groups in total. The van der Waals surface area contributed by atoms with Gasteiger partial charge in [-0.2, -0.15) is 0 Å². The predicted octanol–water partition coefficient (Wildman–Crippen LogP) is 2.98. The number of nitrogens with one attached hydrogen (secondary N) is 2. The van der Waals surface area contributed by atoms with E-state index in [1.807, 2.05) is 26.0 Å². The molecular weight excluding hydrogens is 284 g/mol. The Hall–Kier alpha value is -1.07. The third kappa shape index (κ3) is 3.24. The van der Waals surface area contributed by atoms with Crippen molar-refractivity contribution >= 4 is 15.7 Å². The molecule has 0 radical (unpaired) electrons. The van der Waals surface area contributed by atoms with Gasteiger partial charge in [0, 0.05) is 12.6 Å². The first-order chi connectivity index (χ1) is 9.93. The SMILES string of the molecule is CC(C)NS(=O)(=O)c1ccccc1NCC1(C2CC2)CC1. The van der Waals surface area contributed by atoms with E-state index in [-0.39, 0.29) is 6.04 Å². The Morgan fingerprint density at radius 1 is 1.24 bits per heavy atom. The predicted molar refractivity (Wildman–Crippen MR) is 84.8 cm³/mol. The van der Waals surface area contributed by atoms with Crippen LogP contribution in [0.2, 0.25) is 0 Å². The Bertz CT molecular complexity index is 617. The Morgan fingerprint density at radius 3 is 2.48 bits per heavy atom. The first-order valence-corrected chi connectivity index (χ1v) is 9.26. The molecular formula is C16H24N2O2S. The van der Waals surface area contributed by atoms with Gasteiger partial charge < -0.3 is 5.32 Å². The van der Waals surface area contributed by atoms with E-state index >= 15 is 0 Å². The van der Waals surface area contributed by atoms with Crippen molar-refractivity contribution in [3.63, 3.8) is 0 Å². The summed E-state index contributed by atoms with van der Waals surface area (Å²) in [6.45, 7) is 4.56. The van der Waals surface area contributed by atoms with Crippen molar-refractivity contribution < 1.29 is 8.42 Å². The summed E-state index contributed by atoms with van der Waals surface area (Å²) in [5.41, 5.74) is 1.17. The van der Waals surface area contributed by atoms with Gasteiger partial charge in [0.25, 0.3) is 0 Å². The fraction of sp³-hybridized carbons (Fsp3) is 0.625. The molecule has 2 saturated carbocycles. The highest BCUT2D eigenvalue weighted by Crippen LogP contribution is 2.61. The maximum atomic E-state index is 12.4. The first-order valence-electron chi connectivity index (χ1n) is 7.78. The summed E-state index contributed by atoms with van der Waals surface area (Å²) in [4.78, 5) is 0.352. The van der Waals surface area contributed by atoms with Crippen molar-refractivity contribution in [1.82, 2.24) is 4.72 Å². The lowest BCUT2D eigenvalue weighted by Crippen LogP contribution is -2.31. The molecule has 3 rings (SSSR count). The molecule has 5 heteroatoms. The number of sulfonamides is 1. The fourth-order valence-corrected chi connectivity index (χ4v) is 4.51. The molecule has 21 heavy (non-hydrogen) atoms. The molecule has 0 spiro atoms. The smallest absolute Gasteiger partial charge is 0.242 e. The number of hydrogen-bond acceptors (Lipinski definition) is 3. The molecule has 116 valence electrons. The Balaban J connectivity index is 1.76. The van der Waals surface area contributed by atoms with E-state index in [0.29, 0.717) is 10.3 Å². The number of para-hydroxylation sites is 1. The van der Waals surface area contributed by atoms with Gasteiger partial charge in [-0.1, -0.05) is 12.1 Å². The van der Waals surface area contributed by atoms with Crippen LogP contribution in [0, 0.1) is 11.3 Å². The number of benzene rings is 1. The van der Waals surface area contributed by atoms with E-state index in [4.69, 9.17) is 0 Å². The van der Waals surface area contributed by atoms with E-state index < -0.39 is 10.0 Å². The van der Waals surface area contributed by atoms with Crippen molar-refractivity contribution in [2.75, 3.05) is 11.9 Å². The summed E-state index contributed by atoms with van der Waals surface area (Å²) < 4.78 is 27.5. The molecule has 1 aromatic rings. The molecule has 0 bridgehead atoms. The summed E-state index contributed by atoms with van der Waals surface area (Å²) >= 11 is 0. The van der Waals surface area contributed by atoms with Gasteiger partial charge in [0.05, 0.1) is 5.69 Å². The van der Waals surface area contributed by atoms with Gasteiger partial charge in [-0.25, -0.2) is 13.1 Å². The second-order valence-electron chi connectivity index (χ2n) is 6.76. The molecule has 0 amide bonds. The highest BCUT2D eigenvalue weighted by atomic mass is 32.2. The molecule has 0 aromatic heterocycles. The Kier molecular flexibility index (Phi) is 3.74. The molecule has 0 unspecified atom stereocenters. The Labute approximate surface area is 127 Å². The topological polar surface area (TPSA) is 58.2 Å². The van der Waals surface area contributed by atoms with Crippen LogP contribution in [0.1, 0.15) is 39.5 Å². The van der Waals surface area contributed by atoms with Crippen molar-refractivity contribution in [3.8, 4) is 0 Å². The largest absolute Gasteiger partial charge is 0.383 e. The highest BCUT2D eigenvalue weighted by Gasteiger charge is 2.53. The summed E-state index contributed by atoms with van der Waals surface area (Å²) in [5, 5.41) is 3.40. The lowest BCUT2D eigenvalue weighted by atomic mass is 10.0. The third-order valence-electron chi connectivity index (χ3n) is 4.53. The highest BCUT2D eigenvalue weighted by molar-refractivity contribution is 7.89. The van der Waals surface area contributed by atoms with Gasteiger partial charge in [0.1, 0.15) is 4.90 Å². The van der Waals surface area contributed by atoms with E-state index in [1.165, 1.54) is 25.7 Å². The Morgan fingerprint density at radius 2 is 1.90 bits per heavy atom. The zero-order chi connectivity index (χ0) is 15.1. The molecule has 0 aliphatic heterocycles. The van der Waals surface area contributed by atoms with Gasteiger partial charge in [-0.3, -0.25) is 0 Å². The van der Waals surface area contributed by atoms with E-state index in [1.54, 1.807) is 12.1 Å². The van der Waals surface area contributed by atoms with Gasteiger partial charge in [-0.05, 0) is 63.0 Å². The van der Waals surface area contributed by atoms with E-state index in [2.05, 4.69) is 10.0 Å². The van der Waals surface area contributed by atoms with Gasteiger partial charge in [0.2, 0.25) is 10.0 Å². The number of hydrogen-bond donors (Lipinski definition) is 2. The first kappa shape index (κ1) is 14.9. The molecule has 0 atom stereocenters. The monoisotopic (exact) mass is 308 g/mol. The lowest BCUT2D eigenvalue weighted by molar-refractivity contribution is 0.466. The quantitative estimate of drug-likeness (QED) is 0.814. The maximum Gasteiger partial charge on any atom is 0.242 e. The summed E-state index contributed by atoms with van der Waals surface area (Å²) in [6.07, 6.45) is 5.25. The molecule has 2 aliphatic rings. The minimum atomic E-state index is -3.45. The van der Waals surface area contributed by atoms with Crippen LogP contribution in [0.3, 0.4) is 0 Å². The molecule has 2 aliphatic carbocycles. The summed E-state index contributed by atoms with van der Waals surface area (Å²) in [6, 6.07) is 7.08. The molecule has 4 nitrogen and oxygen atoms in total. The van der Waals surface area contributed by atoms with Crippen molar-refractivity contribution in [1.29, 1.82) is 0 Å². The van der Waals surface area contributed by atoms with Crippen LogP contribution >= 0.6 is 0 Å². The van der Waals surface area contributed by atoms with Crippen LogP contribution in [0.5, 0.6) is 0 Å². The van der Waals surface area contributed by atoms with Crippen LogP contribution in [0.15, 0.2) is 29.2 Å². The second kappa shape index (κ2) is 5.29. The van der Waals surface area contributed by atoms with Crippen LogP contribution < -0.4 is 10.0 Å². The van der Waals surface area contributed by atoms with Gasteiger partial charge >= 0.3 is 0 Å². The molecule has 0 saturated heterocycles. The normalized spacial score (nSPS) is 20.5. The zero-order valence-electron chi connectivity index (χ0n) is 12.7. The average molecular weight is 308 g/mol. The van der Waals surface area contributed by atoms with Crippen molar-refractivity contribution in [2.45, 2.75) is 50.5 Å². The van der Waals surface area contributed by atoms with Crippen molar-refractivity contribution in [2.24, 2.45) is 11.3 Å².